The fraction of sp³-hybridized carbons (Fsp3) is 0.0476. The van der Waals surface area contributed by atoms with E-state index >= 15 is 0 Å². The number of rotatable bonds is 5. The number of benzene rings is 2. The minimum absolute atomic E-state index is 0.0999. The second-order valence-electron chi connectivity index (χ2n) is 5.65. The monoisotopic (exact) mass is 331 g/mol. The highest BCUT2D eigenvalue weighted by Crippen LogP contribution is 2.21. The van der Waals surface area contributed by atoms with E-state index in [2.05, 4.69) is 0 Å². The van der Waals surface area contributed by atoms with Crippen LogP contribution in [0.3, 0.4) is 0 Å². The van der Waals surface area contributed by atoms with Crippen molar-refractivity contribution in [1.82, 2.24) is 4.57 Å². The lowest BCUT2D eigenvalue weighted by Gasteiger charge is -2.06. The zero-order chi connectivity index (χ0) is 17.8. The summed E-state index contributed by atoms with van der Waals surface area (Å²) >= 11 is 0. The Morgan fingerprint density at radius 1 is 0.880 bits per heavy atom. The first-order valence-corrected chi connectivity index (χ1v) is 7.83. The molecule has 1 aromatic heterocycles. The Kier molecular flexibility index (Phi) is 4.61. The summed E-state index contributed by atoms with van der Waals surface area (Å²) in [7, 11) is 1.74. The van der Waals surface area contributed by atoms with Crippen molar-refractivity contribution in [3.63, 3.8) is 0 Å². The highest BCUT2D eigenvalue weighted by molar-refractivity contribution is 6.08. The zero-order valence-corrected chi connectivity index (χ0v) is 13.7. The van der Waals surface area contributed by atoms with Crippen LogP contribution in [0.5, 0.6) is 0 Å². The summed E-state index contributed by atoms with van der Waals surface area (Å²) in [5.74, 6) is -1.12. The van der Waals surface area contributed by atoms with Crippen LogP contribution in [0.4, 0.5) is 0 Å². The Morgan fingerprint density at radius 3 is 2.16 bits per heavy atom. The van der Waals surface area contributed by atoms with Crippen LogP contribution < -0.4 is 0 Å². The van der Waals surface area contributed by atoms with Gasteiger partial charge in [0, 0.05) is 24.4 Å². The Labute approximate surface area is 145 Å². The second-order valence-corrected chi connectivity index (χ2v) is 5.65. The molecule has 0 saturated heterocycles. The van der Waals surface area contributed by atoms with Gasteiger partial charge in [0.1, 0.15) is 0 Å². The van der Waals surface area contributed by atoms with Gasteiger partial charge in [0.25, 0.3) is 0 Å². The van der Waals surface area contributed by atoms with Crippen LogP contribution in [-0.4, -0.2) is 21.4 Å². The van der Waals surface area contributed by atoms with E-state index in [4.69, 9.17) is 5.11 Å². The van der Waals surface area contributed by atoms with Crippen LogP contribution in [0.2, 0.25) is 0 Å². The number of carbonyl (C=O) groups is 2. The molecule has 0 fully saturated rings. The van der Waals surface area contributed by atoms with Crippen molar-refractivity contribution in [3.8, 4) is 11.1 Å². The van der Waals surface area contributed by atoms with Crippen molar-refractivity contribution >= 4 is 17.8 Å². The number of carbonyl (C=O) groups excluding carboxylic acids is 1. The Morgan fingerprint density at radius 2 is 1.52 bits per heavy atom. The maximum Gasteiger partial charge on any atom is 0.328 e. The number of aromatic nitrogens is 1. The van der Waals surface area contributed by atoms with Crippen molar-refractivity contribution in [3.05, 3.63) is 89.8 Å². The predicted octanol–water partition coefficient (Wildman–Crippen LogP) is 4.02. The highest BCUT2D eigenvalue weighted by atomic mass is 16.4. The summed E-state index contributed by atoms with van der Waals surface area (Å²) in [6.07, 6.45) is 2.52. The van der Waals surface area contributed by atoms with Gasteiger partial charge in [-0.1, -0.05) is 54.6 Å². The normalized spacial score (nSPS) is 10.9. The van der Waals surface area contributed by atoms with E-state index in [1.807, 2.05) is 54.6 Å². The van der Waals surface area contributed by atoms with E-state index in [1.54, 1.807) is 23.7 Å². The first kappa shape index (κ1) is 16.5. The van der Waals surface area contributed by atoms with Crippen LogP contribution in [-0.2, 0) is 11.8 Å². The topological polar surface area (TPSA) is 59.3 Å². The third kappa shape index (κ3) is 3.58. The summed E-state index contributed by atoms with van der Waals surface area (Å²) in [5.41, 5.74) is 3.91. The maximum absolute atomic E-state index is 12.7. The standard InChI is InChI=1S/C21H17NO3/c1-22-18(12-14-20(23)24)11-13-19(22)21(25)17-9-7-16(8-10-17)15-5-3-2-4-6-15/h2-14H,1H3,(H,23,24). The highest BCUT2D eigenvalue weighted by Gasteiger charge is 2.14. The minimum atomic E-state index is -1.02. The van der Waals surface area contributed by atoms with Crippen LogP contribution in [0.15, 0.2) is 72.8 Å². The molecule has 0 aliphatic rings. The predicted molar refractivity (Wildman–Crippen MR) is 97.4 cm³/mol. The van der Waals surface area contributed by atoms with Gasteiger partial charge in [-0.2, -0.15) is 0 Å². The van der Waals surface area contributed by atoms with Gasteiger partial charge in [-0.25, -0.2) is 4.79 Å². The summed E-state index contributed by atoms with van der Waals surface area (Å²) in [6.45, 7) is 0. The van der Waals surface area contributed by atoms with Crippen LogP contribution in [0, 0.1) is 0 Å². The fourth-order valence-corrected chi connectivity index (χ4v) is 2.67. The van der Waals surface area contributed by atoms with E-state index in [1.165, 1.54) is 6.08 Å². The number of carboxylic acid groups (broad SMARTS) is 1. The molecular weight excluding hydrogens is 314 g/mol. The third-order valence-corrected chi connectivity index (χ3v) is 4.04. The molecule has 1 heterocycles. The van der Waals surface area contributed by atoms with Gasteiger partial charge in [0.05, 0.1) is 5.69 Å². The quantitative estimate of drug-likeness (QED) is 0.567. The van der Waals surface area contributed by atoms with E-state index in [-0.39, 0.29) is 5.78 Å². The molecule has 0 saturated carbocycles. The van der Waals surface area contributed by atoms with Gasteiger partial charge in [-0.3, -0.25) is 4.79 Å². The number of ketones is 1. The zero-order valence-electron chi connectivity index (χ0n) is 13.7. The Hall–Kier alpha value is -3.40. The second kappa shape index (κ2) is 7.01. The van der Waals surface area contributed by atoms with E-state index in [0.717, 1.165) is 17.2 Å². The molecule has 0 radical (unpaired) electrons. The van der Waals surface area contributed by atoms with Crippen molar-refractivity contribution in [2.45, 2.75) is 0 Å². The summed E-state index contributed by atoms with van der Waals surface area (Å²) in [4.78, 5) is 23.3. The maximum atomic E-state index is 12.7. The number of nitrogens with zero attached hydrogens (tertiary/aromatic N) is 1. The smallest absolute Gasteiger partial charge is 0.328 e. The Bertz CT molecular complexity index is 935. The molecule has 4 heteroatoms. The molecule has 0 spiro atoms. The summed E-state index contributed by atoms with van der Waals surface area (Å²) in [5, 5.41) is 8.72. The molecule has 2 aromatic carbocycles. The number of hydrogen-bond donors (Lipinski definition) is 1. The average Bonchev–Trinajstić information content (AvgIpc) is 3.01. The van der Waals surface area contributed by atoms with Gasteiger partial charge >= 0.3 is 5.97 Å². The number of aliphatic carboxylic acids is 1. The van der Waals surface area contributed by atoms with Gasteiger partial charge in [0.15, 0.2) is 0 Å². The van der Waals surface area contributed by atoms with Gasteiger partial charge in [0.2, 0.25) is 5.78 Å². The molecule has 25 heavy (non-hydrogen) atoms. The van der Waals surface area contributed by atoms with Crippen LogP contribution >= 0.6 is 0 Å². The minimum Gasteiger partial charge on any atom is -0.478 e. The Balaban J connectivity index is 1.85. The van der Waals surface area contributed by atoms with Crippen molar-refractivity contribution in [2.24, 2.45) is 7.05 Å². The molecule has 0 amide bonds. The molecule has 0 unspecified atom stereocenters. The molecule has 0 aliphatic heterocycles. The SMILES string of the molecule is Cn1c(C=CC(=O)O)ccc1C(=O)c1ccc(-c2ccccc2)cc1. The molecule has 3 aromatic rings. The molecule has 4 nitrogen and oxygen atoms in total. The fourth-order valence-electron chi connectivity index (χ4n) is 2.67. The van der Waals surface area contributed by atoms with Crippen molar-refractivity contribution in [2.75, 3.05) is 0 Å². The first-order valence-electron chi connectivity index (χ1n) is 7.83. The van der Waals surface area contributed by atoms with Crippen LogP contribution in [0.1, 0.15) is 21.7 Å². The molecular formula is C21H17NO3. The molecule has 0 atom stereocenters. The van der Waals surface area contributed by atoms with Crippen molar-refractivity contribution < 1.29 is 14.7 Å². The lowest BCUT2D eigenvalue weighted by Crippen LogP contribution is -2.08. The third-order valence-electron chi connectivity index (χ3n) is 4.04. The molecule has 3 rings (SSSR count). The first-order chi connectivity index (χ1) is 12.1. The van der Waals surface area contributed by atoms with E-state index in [9.17, 15) is 9.59 Å². The van der Waals surface area contributed by atoms with E-state index < -0.39 is 5.97 Å². The van der Waals surface area contributed by atoms with Crippen LogP contribution in [0.25, 0.3) is 17.2 Å². The summed E-state index contributed by atoms with van der Waals surface area (Å²) < 4.78 is 1.69. The average molecular weight is 331 g/mol. The van der Waals surface area contributed by atoms with Gasteiger partial charge in [-0.05, 0) is 29.3 Å². The lowest BCUT2D eigenvalue weighted by atomic mass is 10.0. The largest absolute Gasteiger partial charge is 0.478 e. The van der Waals surface area contributed by atoms with Crippen molar-refractivity contribution in [1.29, 1.82) is 0 Å². The number of carboxylic acids is 1. The molecule has 124 valence electrons. The van der Waals surface area contributed by atoms with Gasteiger partial charge in [-0.15, -0.1) is 0 Å². The van der Waals surface area contributed by atoms with Gasteiger partial charge < -0.3 is 9.67 Å². The lowest BCUT2D eigenvalue weighted by molar-refractivity contribution is -0.131. The number of hydrogen-bond acceptors (Lipinski definition) is 2. The molecule has 1 N–H and O–H groups in total. The molecule has 0 bridgehead atoms. The van der Waals surface area contributed by atoms with E-state index in [0.29, 0.717) is 17.0 Å². The molecule has 0 aliphatic carbocycles. The summed E-state index contributed by atoms with van der Waals surface area (Å²) in [6, 6.07) is 20.9.